The standard InChI is InChI=1S/C15H12F16O7S.Na/c16-8(17)12(24,25)14(28,29)10(20,21)3-37-6(32)1-5(39(34,35)36)2-7(33)38-4-11(22,23)15(30,31)13(26,27)9(18)19;/h5,8-9H,1-4H2,(H,34,35,36);/q;+1/p-1. The molecule has 0 N–H and O–H groups in total. The van der Waals surface area contributed by atoms with Crippen LogP contribution in [0.4, 0.5) is 70.2 Å². The molecular weight excluding hydrogens is 651 g/mol. The normalized spacial score (nSPS) is 14.4. The molecule has 0 aliphatic carbocycles. The Kier molecular flexibility index (Phi) is 13.6. The maximum absolute atomic E-state index is 13.3. The Morgan fingerprint density at radius 2 is 0.875 bits per heavy atom. The summed E-state index contributed by atoms with van der Waals surface area (Å²) in [4.78, 5) is 22.8. The van der Waals surface area contributed by atoms with Gasteiger partial charge in [-0.15, -0.1) is 0 Å². The Balaban J connectivity index is 0. The predicted octanol–water partition coefficient (Wildman–Crippen LogP) is 1.11. The van der Waals surface area contributed by atoms with Gasteiger partial charge in [-0.05, 0) is 0 Å². The first kappa shape index (κ1) is 40.9. The molecule has 0 saturated heterocycles. The number of carbonyl (C=O) groups excluding carboxylic acids is 2. The zero-order chi connectivity index (χ0) is 31.6. The number of carbonyl (C=O) groups is 2. The van der Waals surface area contributed by atoms with Gasteiger partial charge in [0, 0.05) is 0 Å². The minimum Gasteiger partial charge on any atom is -0.748 e. The van der Waals surface area contributed by atoms with Crippen LogP contribution in [0.15, 0.2) is 0 Å². The van der Waals surface area contributed by atoms with Crippen molar-refractivity contribution >= 4 is 22.1 Å². The molecule has 40 heavy (non-hydrogen) atoms. The van der Waals surface area contributed by atoms with Gasteiger partial charge in [0.25, 0.3) is 0 Å². The fourth-order valence-corrected chi connectivity index (χ4v) is 2.73. The Bertz CT molecular complexity index is 927. The van der Waals surface area contributed by atoms with E-state index < -0.39 is 102 Å². The first-order valence-electron chi connectivity index (χ1n) is 9.08. The molecule has 0 aliphatic rings. The molecule has 0 aliphatic heterocycles. The van der Waals surface area contributed by atoms with Gasteiger partial charge in [0.2, 0.25) is 0 Å². The van der Waals surface area contributed by atoms with Crippen LogP contribution in [0, 0.1) is 0 Å². The van der Waals surface area contributed by atoms with Gasteiger partial charge in [-0.25, -0.2) is 26.0 Å². The summed E-state index contributed by atoms with van der Waals surface area (Å²) >= 11 is 0. The number of esters is 2. The number of halogens is 16. The zero-order valence-electron chi connectivity index (χ0n) is 18.9. The Morgan fingerprint density at radius 1 is 0.625 bits per heavy atom. The van der Waals surface area contributed by atoms with Gasteiger partial charge >= 0.3 is 89.9 Å². The van der Waals surface area contributed by atoms with E-state index in [1.165, 1.54) is 0 Å². The molecule has 7 nitrogen and oxygen atoms in total. The van der Waals surface area contributed by atoms with E-state index in [1.807, 2.05) is 0 Å². The molecule has 0 spiro atoms. The minimum absolute atomic E-state index is 0. The van der Waals surface area contributed by atoms with E-state index in [4.69, 9.17) is 0 Å². The minimum atomic E-state index is -6.89. The molecule has 0 radical (unpaired) electrons. The predicted molar refractivity (Wildman–Crippen MR) is 86.3 cm³/mol. The number of rotatable bonds is 15. The van der Waals surface area contributed by atoms with Crippen molar-refractivity contribution in [3.63, 3.8) is 0 Å². The smallest absolute Gasteiger partial charge is 0.748 e. The monoisotopic (exact) mass is 662 g/mol. The summed E-state index contributed by atoms with van der Waals surface area (Å²) in [6.45, 7) is -6.31. The second kappa shape index (κ2) is 13.4. The van der Waals surface area contributed by atoms with Crippen molar-refractivity contribution in [2.45, 2.75) is 66.5 Å². The van der Waals surface area contributed by atoms with Crippen LogP contribution in [0.1, 0.15) is 12.8 Å². The fourth-order valence-electron chi connectivity index (χ4n) is 2.05. The van der Waals surface area contributed by atoms with E-state index in [0.29, 0.717) is 0 Å². The van der Waals surface area contributed by atoms with E-state index >= 15 is 0 Å². The third kappa shape index (κ3) is 8.86. The SMILES string of the molecule is O=C(CC(CC(=O)OCC(F)(F)C(F)(F)C(F)(F)C(F)F)S(=O)(=O)[O-])OCC(F)(F)C(F)(F)C(F)(F)C(F)F.[Na+]. The summed E-state index contributed by atoms with van der Waals surface area (Å²) in [7, 11) is -6.05. The van der Waals surface area contributed by atoms with Crippen LogP contribution < -0.4 is 29.6 Å². The van der Waals surface area contributed by atoms with Crippen molar-refractivity contribution in [2.24, 2.45) is 0 Å². The van der Waals surface area contributed by atoms with Crippen molar-refractivity contribution < 1.29 is 132 Å². The van der Waals surface area contributed by atoms with Gasteiger partial charge < -0.3 is 14.0 Å². The molecule has 0 bridgehead atoms. The number of hydrogen-bond donors (Lipinski definition) is 0. The van der Waals surface area contributed by atoms with E-state index in [0.717, 1.165) is 0 Å². The molecule has 0 unspecified atom stereocenters. The van der Waals surface area contributed by atoms with Crippen molar-refractivity contribution in [1.82, 2.24) is 0 Å². The summed E-state index contributed by atoms with van der Waals surface area (Å²) < 4.78 is 244. The third-order valence-electron chi connectivity index (χ3n) is 4.33. The van der Waals surface area contributed by atoms with Gasteiger partial charge in [0.1, 0.15) is 0 Å². The van der Waals surface area contributed by atoms with E-state index in [2.05, 4.69) is 9.47 Å². The Labute approximate surface area is 233 Å². The maximum atomic E-state index is 13.3. The average molecular weight is 662 g/mol. The molecule has 0 atom stereocenters. The van der Waals surface area contributed by atoms with Crippen molar-refractivity contribution in [3.8, 4) is 0 Å². The Hall–Kier alpha value is -1.27. The van der Waals surface area contributed by atoms with Crippen LogP contribution >= 0.6 is 0 Å². The molecule has 0 aromatic heterocycles. The molecule has 0 aromatic carbocycles. The Morgan fingerprint density at radius 3 is 1.07 bits per heavy atom. The molecule has 25 heteroatoms. The second-order valence-electron chi connectivity index (χ2n) is 7.25. The molecule has 0 rings (SSSR count). The molecule has 232 valence electrons. The summed E-state index contributed by atoms with van der Waals surface area (Å²) in [5, 5.41) is -3.15. The van der Waals surface area contributed by atoms with Crippen LogP contribution in [0.25, 0.3) is 0 Å². The average Bonchev–Trinajstić information content (AvgIpc) is 2.74. The quantitative estimate of drug-likeness (QED) is 0.112. The fraction of sp³-hybridized carbons (Fsp3) is 0.867. The first-order chi connectivity index (χ1) is 17.0. The molecule has 0 fully saturated rings. The molecule has 0 aromatic rings. The van der Waals surface area contributed by atoms with E-state index in [-0.39, 0.29) is 29.6 Å². The van der Waals surface area contributed by atoms with Crippen molar-refractivity contribution in [2.75, 3.05) is 13.2 Å². The number of alkyl halides is 16. The van der Waals surface area contributed by atoms with Crippen molar-refractivity contribution in [1.29, 1.82) is 0 Å². The van der Waals surface area contributed by atoms with Gasteiger partial charge in [-0.1, -0.05) is 0 Å². The van der Waals surface area contributed by atoms with Gasteiger partial charge in [0.05, 0.1) is 28.2 Å². The maximum Gasteiger partial charge on any atom is 1.00 e. The largest absolute Gasteiger partial charge is 1.00 e. The summed E-state index contributed by atoms with van der Waals surface area (Å²) in [6, 6.07) is 0. The number of hydrogen-bond acceptors (Lipinski definition) is 7. The van der Waals surface area contributed by atoms with E-state index in [1.54, 1.807) is 0 Å². The number of ether oxygens (including phenoxy) is 2. The molecular formula is C15H11F16NaO7S. The molecule has 0 heterocycles. The van der Waals surface area contributed by atoms with Gasteiger partial charge in [0.15, 0.2) is 13.2 Å². The van der Waals surface area contributed by atoms with Crippen molar-refractivity contribution in [3.05, 3.63) is 0 Å². The van der Waals surface area contributed by atoms with Gasteiger partial charge in [-0.2, -0.15) is 52.7 Å². The van der Waals surface area contributed by atoms with Crippen LogP contribution in [0.5, 0.6) is 0 Å². The second-order valence-corrected chi connectivity index (χ2v) is 8.90. The summed E-state index contributed by atoms with van der Waals surface area (Å²) in [6.07, 6.45) is -15.1. The third-order valence-corrected chi connectivity index (χ3v) is 5.48. The van der Waals surface area contributed by atoms with Gasteiger partial charge in [-0.3, -0.25) is 9.59 Å². The van der Waals surface area contributed by atoms with Crippen LogP contribution in [-0.4, -0.2) is 91.8 Å². The van der Waals surface area contributed by atoms with E-state index in [9.17, 15) is 92.8 Å². The van der Waals surface area contributed by atoms with Crippen LogP contribution in [0.2, 0.25) is 0 Å². The molecule has 0 amide bonds. The van der Waals surface area contributed by atoms with Crippen LogP contribution in [-0.2, 0) is 29.2 Å². The summed E-state index contributed by atoms with van der Waals surface area (Å²) in [5.74, 6) is -44.8. The first-order valence-corrected chi connectivity index (χ1v) is 10.5. The topological polar surface area (TPSA) is 110 Å². The van der Waals surface area contributed by atoms with Crippen LogP contribution in [0.3, 0.4) is 0 Å². The zero-order valence-corrected chi connectivity index (χ0v) is 21.7. The molecule has 0 saturated carbocycles. The summed E-state index contributed by atoms with van der Waals surface area (Å²) in [5.41, 5.74) is 0.